The molecule has 20 heavy (non-hydrogen) atoms. The maximum atomic E-state index is 5.31. The zero-order valence-corrected chi connectivity index (χ0v) is 11.3. The molecule has 0 saturated carbocycles. The van der Waals surface area contributed by atoms with Crippen LogP contribution in [0.4, 0.5) is 5.69 Å². The minimum Gasteiger partial charge on any atom is -0.566 e. The Hall–Kier alpha value is -2.55. The molecule has 0 aromatic heterocycles. The van der Waals surface area contributed by atoms with E-state index in [1.54, 1.807) is 8.05 Å². The Bertz CT molecular complexity index is 762. The highest BCUT2D eigenvalue weighted by atomic mass is 16.4. The van der Waals surface area contributed by atoms with E-state index in [2.05, 4.69) is 29.3 Å². The summed E-state index contributed by atoms with van der Waals surface area (Å²) < 4.78 is 5.31. The first kappa shape index (κ1) is 12.5. The van der Waals surface area contributed by atoms with Crippen LogP contribution in [0.15, 0.2) is 71.7 Å². The summed E-state index contributed by atoms with van der Waals surface area (Å²) in [6.07, 6.45) is 1.89. The van der Waals surface area contributed by atoms with E-state index in [9.17, 15) is 0 Å². The molecule has 3 aromatic carbocycles. The van der Waals surface area contributed by atoms with Crippen LogP contribution in [-0.4, -0.2) is 14.3 Å². The van der Waals surface area contributed by atoms with Crippen molar-refractivity contribution in [2.24, 2.45) is 4.99 Å². The van der Waals surface area contributed by atoms with Gasteiger partial charge in [0.25, 0.3) is 0 Å². The van der Waals surface area contributed by atoms with Gasteiger partial charge in [-0.15, -0.1) is 0 Å². The molecule has 2 nitrogen and oxygen atoms in total. The minimum atomic E-state index is 0.781. The molecule has 0 saturated heterocycles. The highest BCUT2D eigenvalue weighted by Gasteiger charge is 2.00. The summed E-state index contributed by atoms with van der Waals surface area (Å²) in [5.74, 6) is 0.781. The van der Waals surface area contributed by atoms with Gasteiger partial charge in [0.2, 0.25) is 0 Å². The van der Waals surface area contributed by atoms with Crippen LogP contribution in [0.25, 0.3) is 10.8 Å². The fraction of sp³-hybridized carbons (Fsp3) is 0. The van der Waals surface area contributed by atoms with E-state index < -0.39 is 0 Å². The maximum absolute atomic E-state index is 5.31. The standard InChI is InChI=1S/C17H14BNO/c18-20-17-11-4-3-10-16(17)19-12-14-8-5-7-13-6-1-2-9-15(13)14/h1-12H,18H2/b19-12+. The Labute approximate surface area is 119 Å². The summed E-state index contributed by atoms with van der Waals surface area (Å²) in [7, 11) is 1.66. The quantitative estimate of drug-likeness (QED) is 0.521. The molecule has 0 amide bonds. The van der Waals surface area contributed by atoms with Gasteiger partial charge < -0.3 is 4.65 Å². The highest BCUT2D eigenvalue weighted by Crippen LogP contribution is 2.26. The summed E-state index contributed by atoms with van der Waals surface area (Å²) in [6, 6.07) is 22.3. The van der Waals surface area contributed by atoms with E-state index in [-0.39, 0.29) is 0 Å². The Morgan fingerprint density at radius 2 is 1.60 bits per heavy atom. The zero-order chi connectivity index (χ0) is 13.8. The van der Waals surface area contributed by atoms with Crippen LogP contribution in [0.5, 0.6) is 5.75 Å². The average molecular weight is 259 g/mol. The molecule has 0 heterocycles. The molecule has 3 heteroatoms. The van der Waals surface area contributed by atoms with Gasteiger partial charge >= 0.3 is 8.05 Å². The first-order chi connectivity index (χ1) is 9.88. The van der Waals surface area contributed by atoms with Crippen LogP contribution in [0.2, 0.25) is 0 Å². The number of hydrogen-bond acceptors (Lipinski definition) is 2. The molecule has 0 aliphatic heterocycles. The van der Waals surface area contributed by atoms with Crippen LogP contribution < -0.4 is 4.65 Å². The van der Waals surface area contributed by atoms with E-state index in [4.69, 9.17) is 4.65 Å². The summed E-state index contributed by atoms with van der Waals surface area (Å²) in [6.45, 7) is 0. The third kappa shape index (κ3) is 2.43. The lowest BCUT2D eigenvalue weighted by atomic mass is 10.1. The van der Waals surface area contributed by atoms with Crippen molar-refractivity contribution in [1.29, 1.82) is 0 Å². The molecule has 0 fully saturated rings. The van der Waals surface area contributed by atoms with Gasteiger partial charge in [-0.25, -0.2) is 0 Å². The second kappa shape index (κ2) is 5.62. The van der Waals surface area contributed by atoms with Crippen LogP contribution in [0, 0.1) is 0 Å². The molecule has 0 unspecified atom stereocenters. The van der Waals surface area contributed by atoms with Crippen molar-refractivity contribution in [3.8, 4) is 5.75 Å². The lowest BCUT2D eigenvalue weighted by Gasteiger charge is -2.04. The third-order valence-electron chi connectivity index (χ3n) is 3.25. The van der Waals surface area contributed by atoms with Gasteiger partial charge in [0.05, 0.1) is 0 Å². The van der Waals surface area contributed by atoms with E-state index in [1.807, 2.05) is 48.7 Å². The topological polar surface area (TPSA) is 21.6 Å². The molecule has 0 bridgehead atoms. The van der Waals surface area contributed by atoms with Gasteiger partial charge in [0.15, 0.2) is 0 Å². The van der Waals surface area contributed by atoms with E-state index >= 15 is 0 Å². The number of aliphatic imine (C=N–C) groups is 1. The summed E-state index contributed by atoms with van der Waals surface area (Å²) in [4.78, 5) is 4.55. The summed E-state index contributed by atoms with van der Waals surface area (Å²) >= 11 is 0. The highest BCUT2D eigenvalue weighted by molar-refractivity contribution is 6.02. The first-order valence-electron chi connectivity index (χ1n) is 6.53. The smallest absolute Gasteiger partial charge is 0.322 e. The van der Waals surface area contributed by atoms with E-state index in [1.165, 1.54) is 10.8 Å². The molecule has 0 aliphatic rings. The number of fused-ring (bicyclic) bond motifs is 1. The van der Waals surface area contributed by atoms with Crippen molar-refractivity contribution in [2.45, 2.75) is 0 Å². The molecule has 0 aliphatic carbocycles. The number of hydrogen-bond donors (Lipinski definition) is 0. The second-order valence-electron chi connectivity index (χ2n) is 4.50. The molecular weight excluding hydrogens is 245 g/mol. The van der Waals surface area contributed by atoms with Gasteiger partial charge in [-0.2, -0.15) is 0 Å². The number of para-hydroxylation sites is 2. The van der Waals surface area contributed by atoms with Gasteiger partial charge in [-0.3, -0.25) is 4.99 Å². The largest absolute Gasteiger partial charge is 0.566 e. The Balaban J connectivity index is 2.03. The van der Waals surface area contributed by atoms with Crippen molar-refractivity contribution >= 4 is 30.7 Å². The fourth-order valence-corrected chi connectivity index (χ4v) is 2.24. The Morgan fingerprint density at radius 3 is 2.50 bits per heavy atom. The number of rotatable bonds is 3. The summed E-state index contributed by atoms with van der Waals surface area (Å²) in [5.41, 5.74) is 1.94. The Kier molecular flexibility index (Phi) is 3.51. The first-order valence-corrected chi connectivity index (χ1v) is 6.53. The molecular formula is C17H14BNO. The minimum absolute atomic E-state index is 0.781. The molecule has 3 rings (SSSR count). The fourth-order valence-electron chi connectivity index (χ4n) is 2.24. The predicted molar refractivity (Wildman–Crippen MR) is 86.8 cm³/mol. The molecule has 3 aromatic rings. The van der Waals surface area contributed by atoms with Crippen LogP contribution in [0.1, 0.15) is 5.56 Å². The molecule has 0 spiro atoms. The number of benzene rings is 3. The second-order valence-corrected chi connectivity index (χ2v) is 4.50. The molecule has 0 atom stereocenters. The molecule has 0 N–H and O–H groups in total. The Morgan fingerprint density at radius 1 is 0.850 bits per heavy atom. The van der Waals surface area contributed by atoms with Crippen molar-refractivity contribution in [1.82, 2.24) is 0 Å². The lowest BCUT2D eigenvalue weighted by Crippen LogP contribution is -1.87. The van der Waals surface area contributed by atoms with Crippen molar-refractivity contribution < 1.29 is 4.65 Å². The van der Waals surface area contributed by atoms with E-state index in [0.29, 0.717) is 0 Å². The van der Waals surface area contributed by atoms with Crippen molar-refractivity contribution in [2.75, 3.05) is 0 Å². The van der Waals surface area contributed by atoms with Crippen LogP contribution >= 0.6 is 0 Å². The van der Waals surface area contributed by atoms with Crippen LogP contribution in [-0.2, 0) is 0 Å². The number of nitrogens with zero attached hydrogens (tertiary/aromatic N) is 1. The van der Waals surface area contributed by atoms with Gasteiger partial charge in [-0.05, 0) is 22.9 Å². The average Bonchev–Trinajstić information content (AvgIpc) is 2.53. The van der Waals surface area contributed by atoms with Gasteiger partial charge in [0, 0.05) is 11.8 Å². The van der Waals surface area contributed by atoms with Gasteiger partial charge in [-0.1, -0.05) is 54.6 Å². The predicted octanol–water partition coefficient (Wildman–Crippen LogP) is 3.52. The van der Waals surface area contributed by atoms with Crippen molar-refractivity contribution in [3.63, 3.8) is 0 Å². The zero-order valence-electron chi connectivity index (χ0n) is 11.3. The molecule has 0 radical (unpaired) electrons. The van der Waals surface area contributed by atoms with Crippen molar-refractivity contribution in [3.05, 3.63) is 72.3 Å². The van der Waals surface area contributed by atoms with E-state index in [0.717, 1.165) is 17.0 Å². The third-order valence-corrected chi connectivity index (χ3v) is 3.25. The maximum Gasteiger partial charge on any atom is 0.322 e. The normalized spacial score (nSPS) is 11.0. The monoisotopic (exact) mass is 259 g/mol. The lowest BCUT2D eigenvalue weighted by molar-refractivity contribution is 0.618. The molecule has 96 valence electrons. The van der Waals surface area contributed by atoms with Gasteiger partial charge in [0.1, 0.15) is 11.4 Å². The summed E-state index contributed by atoms with van der Waals surface area (Å²) in [5, 5.41) is 2.42. The SMILES string of the molecule is BOc1ccccc1/N=C/c1cccc2ccccc12. The van der Waals surface area contributed by atoms with Crippen LogP contribution in [0.3, 0.4) is 0 Å².